The maximum absolute atomic E-state index is 4.87. The molecule has 0 amide bonds. The largest absolute Gasteiger partial charge is 0.343 e. The molecule has 0 aliphatic carbocycles. The number of para-hydroxylation sites is 2. The quantitative estimate of drug-likeness (QED) is 0.725. The Kier molecular flexibility index (Phi) is 3.48. The van der Waals surface area contributed by atoms with E-state index < -0.39 is 0 Å². The van der Waals surface area contributed by atoms with Crippen molar-refractivity contribution in [2.45, 2.75) is 46.2 Å². The van der Waals surface area contributed by atoms with Gasteiger partial charge in [-0.1, -0.05) is 26.0 Å². The van der Waals surface area contributed by atoms with Crippen molar-refractivity contribution in [2.75, 3.05) is 11.4 Å². The van der Waals surface area contributed by atoms with E-state index in [-0.39, 0.29) is 6.04 Å². The first-order chi connectivity index (χ1) is 11.6. The summed E-state index contributed by atoms with van der Waals surface area (Å²) in [4.78, 5) is 11.9. The number of rotatable bonds is 2. The summed E-state index contributed by atoms with van der Waals surface area (Å²) >= 11 is 0. The second-order valence-electron chi connectivity index (χ2n) is 6.71. The normalized spacial score (nSPS) is 17.5. The molecule has 6 heteroatoms. The Morgan fingerprint density at radius 1 is 1.04 bits per heavy atom. The zero-order chi connectivity index (χ0) is 16.8. The van der Waals surface area contributed by atoms with Crippen molar-refractivity contribution in [3.05, 3.63) is 41.6 Å². The molecule has 0 N–H and O–H groups in total. The monoisotopic (exact) mass is 322 g/mol. The Labute approximate surface area is 141 Å². The summed E-state index contributed by atoms with van der Waals surface area (Å²) in [7, 11) is 0. The molecule has 124 valence electrons. The highest BCUT2D eigenvalue weighted by Crippen LogP contribution is 2.32. The molecule has 0 bridgehead atoms. The molecule has 6 nitrogen and oxygen atoms in total. The van der Waals surface area contributed by atoms with Crippen molar-refractivity contribution in [1.82, 2.24) is 24.7 Å². The molecule has 0 saturated heterocycles. The van der Waals surface area contributed by atoms with E-state index in [4.69, 9.17) is 9.97 Å². The molecule has 1 aliphatic heterocycles. The van der Waals surface area contributed by atoms with Crippen molar-refractivity contribution in [2.24, 2.45) is 0 Å². The third-order valence-corrected chi connectivity index (χ3v) is 4.72. The lowest BCUT2D eigenvalue weighted by molar-refractivity contribution is 0.476. The van der Waals surface area contributed by atoms with E-state index in [1.165, 1.54) is 0 Å². The summed E-state index contributed by atoms with van der Waals surface area (Å²) in [6.45, 7) is 10.3. The first kappa shape index (κ1) is 15.1. The standard InChI is InChI=1S/C18H22N6/c1-11(2)16-21-22-18-13(4)23(9-10-24(16)18)17-12(3)19-14-7-5-6-8-15(14)20-17/h5-8,11,13H,9-10H2,1-4H3. The lowest BCUT2D eigenvalue weighted by atomic mass is 10.1. The number of hydrogen-bond donors (Lipinski definition) is 0. The van der Waals surface area contributed by atoms with Crippen LogP contribution in [-0.2, 0) is 6.54 Å². The van der Waals surface area contributed by atoms with Crippen molar-refractivity contribution >= 4 is 16.9 Å². The van der Waals surface area contributed by atoms with Crippen molar-refractivity contribution in [1.29, 1.82) is 0 Å². The molecule has 1 atom stereocenters. The van der Waals surface area contributed by atoms with Crippen molar-refractivity contribution < 1.29 is 0 Å². The van der Waals surface area contributed by atoms with Gasteiger partial charge in [0.2, 0.25) is 0 Å². The molecule has 0 saturated carbocycles. The van der Waals surface area contributed by atoms with Crippen LogP contribution in [0.25, 0.3) is 11.0 Å². The fourth-order valence-corrected chi connectivity index (χ4v) is 3.47. The van der Waals surface area contributed by atoms with Crippen LogP contribution in [0, 0.1) is 6.92 Å². The zero-order valence-corrected chi connectivity index (χ0v) is 14.6. The maximum atomic E-state index is 4.87. The summed E-state index contributed by atoms with van der Waals surface area (Å²) in [6.07, 6.45) is 0. The van der Waals surface area contributed by atoms with Gasteiger partial charge in [0.05, 0.1) is 22.8 Å². The van der Waals surface area contributed by atoms with Crippen molar-refractivity contribution in [3.63, 3.8) is 0 Å². The van der Waals surface area contributed by atoms with Gasteiger partial charge in [-0.15, -0.1) is 10.2 Å². The number of fused-ring (bicyclic) bond motifs is 2. The van der Waals surface area contributed by atoms with E-state index in [9.17, 15) is 0 Å². The molecular formula is C18H22N6. The van der Waals surface area contributed by atoms with Gasteiger partial charge in [-0.2, -0.15) is 0 Å². The number of aromatic nitrogens is 5. The molecule has 2 aromatic heterocycles. The molecular weight excluding hydrogens is 300 g/mol. The minimum Gasteiger partial charge on any atom is -0.343 e. The van der Waals surface area contributed by atoms with Crippen LogP contribution in [0.5, 0.6) is 0 Å². The lowest BCUT2D eigenvalue weighted by Crippen LogP contribution is -2.38. The van der Waals surface area contributed by atoms with E-state index >= 15 is 0 Å². The molecule has 3 aromatic rings. The van der Waals surface area contributed by atoms with Crippen LogP contribution in [0.15, 0.2) is 24.3 Å². The van der Waals surface area contributed by atoms with Crippen LogP contribution in [-0.4, -0.2) is 31.3 Å². The van der Waals surface area contributed by atoms with Crippen molar-refractivity contribution in [3.8, 4) is 0 Å². The van der Waals surface area contributed by atoms with Gasteiger partial charge in [0, 0.05) is 19.0 Å². The predicted molar refractivity (Wildman–Crippen MR) is 94.1 cm³/mol. The third-order valence-electron chi connectivity index (χ3n) is 4.72. The van der Waals surface area contributed by atoms with E-state index in [1.54, 1.807) is 0 Å². The van der Waals surface area contributed by atoms with Crippen LogP contribution < -0.4 is 4.90 Å². The topological polar surface area (TPSA) is 59.7 Å². The average molecular weight is 322 g/mol. The maximum Gasteiger partial charge on any atom is 0.155 e. The summed E-state index contributed by atoms with van der Waals surface area (Å²) < 4.78 is 2.26. The summed E-state index contributed by atoms with van der Waals surface area (Å²) in [5, 5.41) is 8.85. The van der Waals surface area contributed by atoms with E-state index in [2.05, 4.69) is 40.4 Å². The molecule has 0 spiro atoms. The zero-order valence-electron chi connectivity index (χ0n) is 14.6. The SMILES string of the molecule is Cc1nc2ccccc2nc1N1CCn2c(C(C)C)nnc2C1C. The van der Waals surface area contributed by atoms with E-state index in [1.807, 2.05) is 31.2 Å². The second kappa shape index (κ2) is 5.54. The summed E-state index contributed by atoms with van der Waals surface area (Å²) in [5.74, 6) is 3.41. The Hall–Kier alpha value is -2.50. The Morgan fingerprint density at radius 2 is 1.75 bits per heavy atom. The first-order valence-electron chi connectivity index (χ1n) is 8.49. The van der Waals surface area contributed by atoms with Gasteiger partial charge in [-0.25, -0.2) is 9.97 Å². The molecule has 1 aromatic carbocycles. The average Bonchev–Trinajstić information content (AvgIpc) is 3.00. The molecule has 0 radical (unpaired) electrons. The van der Waals surface area contributed by atoms with E-state index in [0.717, 1.165) is 47.3 Å². The highest BCUT2D eigenvalue weighted by atomic mass is 15.4. The van der Waals surface area contributed by atoms with Gasteiger partial charge >= 0.3 is 0 Å². The van der Waals surface area contributed by atoms with Crippen LogP contribution in [0.1, 0.15) is 50.1 Å². The number of benzene rings is 1. The van der Waals surface area contributed by atoms with Gasteiger partial charge in [0.15, 0.2) is 11.6 Å². The molecule has 0 fully saturated rings. The highest BCUT2D eigenvalue weighted by Gasteiger charge is 2.30. The molecule has 3 heterocycles. The number of hydrogen-bond acceptors (Lipinski definition) is 5. The van der Waals surface area contributed by atoms with Crippen LogP contribution in [0.2, 0.25) is 0 Å². The Balaban J connectivity index is 1.76. The van der Waals surface area contributed by atoms with Gasteiger partial charge in [0.25, 0.3) is 0 Å². The Morgan fingerprint density at radius 3 is 2.46 bits per heavy atom. The Bertz CT molecular complexity index is 898. The molecule has 24 heavy (non-hydrogen) atoms. The van der Waals surface area contributed by atoms with Crippen LogP contribution in [0.4, 0.5) is 5.82 Å². The van der Waals surface area contributed by atoms with Crippen LogP contribution in [0.3, 0.4) is 0 Å². The summed E-state index contributed by atoms with van der Waals surface area (Å²) in [6, 6.07) is 8.15. The fraction of sp³-hybridized carbons (Fsp3) is 0.444. The number of nitrogens with zero attached hydrogens (tertiary/aromatic N) is 6. The smallest absolute Gasteiger partial charge is 0.155 e. The first-order valence-corrected chi connectivity index (χ1v) is 8.49. The minimum atomic E-state index is 0.132. The molecule has 4 rings (SSSR count). The van der Waals surface area contributed by atoms with Gasteiger partial charge in [0.1, 0.15) is 5.82 Å². The second-order valence-corrected chi connectivity index (χ2v) is 6.71. The van der Waals surface area contributed by atoms with Gasteiger partial charge < -0.3 is 9.47 Å². The molecule has 1 aliphatic rings. The van der Waals surface area contributed by atoms with Gasteiger partial charge in [-0.3, -0.25) is 0 Å². The summed E-state index contributed by atoms with van der Waals surface area (Å²) in [5.41, 5.74) is 2.83. The molecule has 1 unspecified atom stereocenters. The number of anilines is 1. The minimum absolute atomic E-state index is 0.132. The lowest BCUT2D eigenvalue weighted by Gasteiger charge is -2.35. The van der Waals surface area contributed by atoms with E-state index in [0.29, 0.717) is 5.92 Å². The van der Waals surface area contributed by atoms with Crippen LogP contribution >= 0.6 is 0 Å². The predicted octanol–water partition coefficient (Wildman–Crippen LogP) is 3.23. The highest BCUT2D eigenvalue weighted by molar-refractivity contribution is 5.76. The fourth-order valence-electron chi connectivity index (χ4n) is 3.47. The number of aryl methyl sites for hydroxylation is 1. The third kappa shape index (κ3) is 2.25. The van der Waals surface area contributed by atoms with Gasteiger partial charge in [-0.05, 0) is 26.0 Å².